The quantitative estimate of drug-likeness (QED) is 0.344. The Kier molecular flexibility index (Phi) is 7.97. The molecule has 172 valence electrons. The molecule has 0 aromatic heterocycles. The molecule has 1 atom stereocenters. The summed E-state index contributed by atoms with van der Waals surface area (Å²) in [5, 5.41) is 5.48. The summed E-state index contributed by atoms with van der Waals surface area (Å²) < 4.78 is 5.41. The van der Waals surface area contributed by atoms with Crippen molar-refractivity contribution in [3.05, 3.63) is 56.5 Å². The van der Waals surface area contributed by atoms with Crippen molar-refractivity contribution in [2.45, 2.75) is 52.0 Å². The number of nitrogens with zero attached hydrogens (tertiary/aromatic N) is 2. The molecule has 0 aliphatic carbocycles. The first-order valence-electron chi connectivity index (χ1n) is 10.6. The summed E-state index contributed by atoms with van der Waals surface area (Å²) in [6.45, 7) is 9.72. The van der Waals surface area contributed by atoms with Crippen molar-refractivity contribution in [2.75, 3.05) is 18.1 Å². The largest absolute Gasteiger partial charge is 0.482 e. The number of anilines is 1. The lowest BCUT2D eigenvalue weighted by atomic mass is 9.79. The molecule has 0 bridgehead atoms. The summed E-state index contributed by atoms with van der Waals surface area (Å²) in [7, 11) is 0. The molecule has 32 heavy (non-hydrogen) atoms. The van der Waals surface area contributed by atoms with E-state index in [0.717, 1.165) is 24.9 Å². The summed E-state index contributed by atoms with van der Waals surface area (Å²) in [5.41, 5.74) is 5.71. The van der Waals surface area contributed by atoms with Crippen molar-refractivity contribution in [3.8, 4) is 5.75 Å². The molecule has 2 aromatic carbocycles. The third kappa shape index (κ3) is 5.69. The number of hydrazone groups is 1. The van der Waals surface area contributed by atoms with Crippen LogP contribution in [-0.2, 0) is 4.79 Å². The molecular weight excluding hydrogens is 469 g/mol. The predicted octanol–water partition coefficient (Wildman–Crippen LogP) is 6.68. The molecule has 0 saturated heterocycles. The Morgan fingerprint density at radius 3 is 2.69 bits per heavy atom. The number of fused-ring (bicyclic) bond motifs is 1. The van der Waals surface area contributed by atoms with Gasteiger partial charge in [0.2, 0.25) is 0 Å². The van der Waals surface area contributed by atoms with E-state index < -0.39 is 5.91 Å². The van der Waals surface area contributed by atoms with Gasteiger partial charge in [-0.15, -0.1) is 0 Å². The Bertz CT molecular complexity index is 1020. The lowest BCUT2D eigenvalue weighted by Gasteiger charge is -2.47. The van der Waals surface area contributed by atoms with Gasteiger partial charge in [-0.25, -0.2) is 5.43 Å². The Balaban J connectivity index is 1.68. The molecule has 8 heteroatoms. The number of rotatable bonds is 7. The second-order valence-electron chi connectivity index (χ2n) is 8.66. The van der Waals surface area contributed by atoms with Crippen LogP contribution >= 0.6 is 34.8 Å². The maximum Gasteiger partial charge on any atom is 0.277 e. The van der Waals surface area contributed by atoms with E-state index in [1.165, 1.54) is 11.3 Å². The van der Waals surface area contributed by atoms with Gasteiger partial charge in [0.1, 0.15) is 5.75 Å². The van der Waals surface area contributed by atoms with E-state index in [-0.39, 0.29) is 12.1 Å². The second kappa shape index (κ2) is 10.3. The van der Waals surface area contributed by atoms with Gasteiger partial charge in [-0.3, -0.25) is 4.79 Å². The van der Waals surface area contributed by atoms with Crippen LogP contribution in [0.5, 0.6) is 5.75 Å². The molecule has 1 N–H and O–H groups in total. The van der Waals surface area contributed by atoms with Gasteiger partial charge in [0.15, 0.2) is 6.61 Å². The fraction of sp³-hybridized carbons (Fsp3) is 0.417. The lowest BCUT2D eigenvalue weighted by molar-refractivity contribution is -0.123. The summed E-state index contributed by atoms with van der Waals surface area (Å²) >= 11 is 18.5. The van der Waals surface area contributed by atoms with Crippen LogP contribution in [0.3, 0.4) is 0 Å². The van der Waals surface area contributed by atoms with Gasteiger partial charge in [-0.1, -0.05) is 48.7 Å². The molecule has 0 fully saturated rings. The molecule has 1 aliphatic heterocycles. The van der Waals surface area contributed by atoms with Crippen LogP contribution < -0.4 is 15.1 Å². The number of hydrogen-bond acceptors (Lipinski definition) is 4. The van der Waals surface area contributed by atoms with Crippen LogP contribution in [-0.4, -0.2) is 30.8 Å². The number of nitrogens with one attached hydrogen (secondary N) is 1. The topological polar surface area (TPSA) is 53.9 Å². The van der Waals surface area contributed by atoms with Crippen molar-refractivity contribution in [1.82, 2.24) is 5.43 Å². The number of carbonyl (C=O) groups is 1. The summed E-state index contributed by atoms with van der Waals surface area (Å²) in [4.78, 5) is 14.5. The van der Waals surface area contributed by atoms with Crippen LogP contribution in [0.15, 0.2) is 35.4 Å². The van der Waals surface area contributed by atoms with Gasteiger partial charge in [0.25, 0.3) is 5.91 Å². The highest BCUT2D eigenvalue weighted by Gasteiger charge is 2.36. The Morgan fingerprint density at radius 2 is 2.00 bits per heavy atom. The molecule has 3 rings (SSSR count). The molecule has 0 radical (unpaired) electrons. The van der Waals surface area contributed by atoms with Crippen LogP contribution in [0, 0.1) is 0 Å². The second-order valence-corrected chi connectivity index (χ2v) is 9.91. The molecule has 1 amide bonds. The van der Waals surface area contributed by atoms with E-state index in [1.54, 1.807) is 24.4 Å². The number of benzene rings is 2. The van der Waals surface area contributed by atoms with Crippen molar-refractivity contribution in [2.24, 2.45) is 5.10 Å². The number of hydrogen-bond donors (Lipinski definition) is 1. The fourth-order valence-electron chi connectivity index (χ4n) is 4.21. The number of ether oxygens (including phenoxy) is 1. The number of amides is 1. The SMILES string of the molecule is CCCN1c2cc(Cl)c(/C=N/NC(=O)COc3ccc(Cl)cc3Cl)cc2C(C)CC1(C)C. The maximum absolute atomic E-state index is 12.1. The first-order chi connectivity index (χ1) is 15.1. The van der Waals surface area contributed by atoms with Crippen LogP contribution in [0.4, 0.5) is 5.69 Å². The molecular formula is C24H28Cl3N3O2. The zero-order valence-electron chi connectivity index (χ0n) is 18.7. The van der Waals surface area contributed by atoms with E-state index in [9.17, 15) is 4.79 Å². The molecule has 2 aromatic rings. The van der Waals surface area contributed by atoms with E-state index in [2.05, 4.69) is 49.2 Å². The van der Waals surface area contributed by atoms with Gasteiger partial charge >= 0.3 is 0 Å². The standard InChI is InChI=1S/C24H28Cl3N3O2/c1-5-8-30-21-11-19(26)16(9-18(21)15(2)12-24(30,3)4)13-28-29-23(31)14-32-22-7-6-17(25)10-20(22)27/h6-7,9-11,13,15H,5,8,12,14H2,1-4H3,(H,29,31)/b28-13+. The minimum absolute atomic E-state index is 0.0717. The van der Waals surface area contributed by atoms with Gasteiger partial charge in [-0.2, -0.15) is 5.10 Å². The lowest BCUT2D eigenvalue weighted by Crippen LogP contribution is -2.48. The summed E-state index contributed by atoms with van der Waals surface area (Å²) in [6.07, 6.45) is 3.68. The third-order valence-corrected chi connectivity index (χ3v) is 6.45. The third-order valence-electron chi connectivity index (χ3n) is 5.60. The molecule has 1 heterocycles. The first kappa shape index (κ1) is 24.7. The number of halogens is 3. The Labute approximate surface area is 204 Å². The van der Waals surface area contributed by atoms with Gasteiger partial charge in [-0.05, 0) is 68.5 Å². The van der Waals surface area contributed by atoms with Crippen molar-refractivity contribution in [3.63, 3.8) is 0 Å². The average Bonchev–Trinajstić information content (AvgIpc) is 2.71. The molecule has 0 saturated carbocycles. The van der Waals surface area contributed by atoms with Crippen molar-refractivity contribution < 1.29 is 9.53 Å². The molecule has 0 spiro atoms. The number of carbonyl (C=O) groups excluding carboxylic acids is 1. The predicted molar refractivity (Wildman–Crippen MR) is 134 cm³/mol. The molecule has 1 aliphatic rings. The zero-order chi connectivity index (χ0) is 23.5. The van der Waals surface area contributed by atoms with Crippen molar-refractivity contribution >= 4 is 52.6 Å². The minimum atomic E-state index is -0.411. The highest BCUT2D eigenvalue weighted by molar-refractivity contribution is 6.35. The summed E-state index contributed by atoms with van der Waals surface area (Å²) in [6, 6.07) is 8.88. The van der Waals surface area contributed by atoms with E-state index >= 15 is 0 Å². The fourth-order valence-corrected chi connectivity index (χ4v) is 4.88. The van der Waals surface area contributed by atoms with Crippen LogP contribution in [0.1, 0.15) is 57.6 Å². The van der Waals surface area contributed by atoms with Gasteiger partial charge in [0, 0.05) is 28.4 Å². The average molecular weight is 497 g/mol. The van der Waals surface area contributed by atoms with Crippen molar-refractivity contribution in [1.29, 1.82) is 0 Å². The summed E-state index contributed by atoms with van der Waals surface area (Å²) in [5.74, 6) is 0.358. The van der Waals surface area contributed by atoms with E-state index in [4.69, 9.17) is 39.5 Å². The highest BCUT2D eigenvalue weighted by Crippen LogP contribution is 2.45. The Morgan fingerprint density at radius 1 is 1.25 bits per heavy atom. The highest BCUT2D eigenvalue weighted by atomic mass is 35.5. The maximum atomic E-state index is 12.1. The first-order valence-corrected chi connectivity index (χ1v) is 11.8. The van der Waals surface area contributed by atoms with E-state index in [1.807, 2.05) is 6.07 Å². The normalized spacial score (nSPS) is 17.3. The Hall–Kier alpha value is -1.95. The smallest absolute Gasteiger partial charge is 0.277 e. The molecule has 5 nitrogen and oxygen atoms in total. The van der Waals surface area contributed by atoms with E-state index in [0.29, 0.717) is 26.7 Å². The van der Waals surface area contributed by atoms with Gasteiger partial charge in [0.05, 0.1) is 16.3 Å². The van der Waals surface area contributed by atoms with Crippen LogP contribution in [0.25, 0.3) is 0 Å². The van der Waals surface area contributed by atoms with Crippen LogP contribution in [0.2, 0.25) is 15.1 Å². The van der Waals surface area contributed by atoms with Gasteiger partial charge < -0.3 is 9.64 Å². The molecule has 1 unspecified atom stereocenters. The monoisotopic (exact) mass is 495 g/mol. The zero-order valence-corrected chi connectivity index (χ0v) is 21.0. The minimum Gasteiger partial charge on any atom is -0.482 e.